The summed E-state index contributed by atoms with van der Waals surface area (Å²) in [7, 11) is -1.51. The Morgan fingerprint density at radius 2 is 1.58 bits per heavy atom. The maximum atomic E-state index is 13.5. The van der Waals surface area contributed by atoms with E-state index >= 15 is 0 Å². The van der Waals surface area contributed by atoms with Crippen LogP contribution in [-0.4, -0.2) is 58.0 Å². The van der Waals surface area contributed by atoms with Crippen molar-refractivity contribution in [3.8, 4) is 0 Å². The van der Waals surface area contributed by atoms with Gasteiger partial charge in [0.2, 0.25) is 11.8 Å². The molecule has 10 nitrogen and oxygen atoms in total. The quantitative estimate of drug-likeness (QED) is 0.260. The van der Waals surface area contributed by atoms with Gasteiger partial charge in [-0.3, -0.25) is 9.59 Å². The Morgan fingerprint density at radius 3 is 2.16 bits per heavy atom. The zero-order valence-electron chi connectivity index (χ0n) is 27.6. The van der Waals surface area contributed by atoms with Crippen LogP contribution in [0.5, 0.6) is 0 Å². The molecular formula is C33H47ClN4O6S. The lowest BCUT2D eigenvalue weighted by Crippen LogP contribution is -2.60. The third kappa shape index (κ3) is 11.6. The average molecular weight is 663 g/mol. The van der Waals surface area contributed by atoms with Crippen molar-refractivity contribution < 1.29 is 28.1 Å². The molecule has 2 aromatic rings. The topological polar surface area (TPSA) is 135 Å². The maximum Gasteiger partial charge on any atom is 0.408 e. The molecule has 1 aliphatic heterocycles. The number of carbonyl (C=O) groups is 3. The first-order valence-corrected chi connectivity index (χ1v) is 16.4. The molecule has 0 radical (unpaired) electrons. The maximum absolute atomic E-state index is 13.5. The minimum Gasteiger partial charge on any atom is -0.444 e. The number of carbonyl (C=O) groups excluding carboxylic acids is 3. The fraction of sp³-hybridized carbons (Fsp3) is 0.485. The van der Waals surface area contributed by atoms with Gasteiger partial charge in [-0.2, -0.15) is 0 Å². The van der Waals surface area contributed by atoms with Crippen molar-refractivity contribution in [1.29, 1.82) is 0 Å². The van der Waals surface area contributed by atoms with Crippen LogP contribution in [-0.2, 0) is 36.7 Å². The van der Waals surface area contributed by atoms with Crippen molar-refractivity contribution in [3.63, 3.8) is 0 Å². The van der Waals surface area contributed by atoms with Crippen LogP contribution >= 0.6 is 11.6 Å². The van der Waals surface area contributed by atoms with Crippen LogP contribution in [0.4, 0.5) is 4.79 Å². The minimum atomic E-state index is -1.51. The molecule has 2 atom stereocenters. The molecule has 248 valence electrons. The highest BCUT2D eigenvalue weighted by molar-refractivity contribution is 7.93. The summed E-state index contributed by atoms with van der Waals surface area (Å²) in [4.78, 5) is 39.8. The van der Waals surface area contributed by atoms with E-state index in [0.29, 0.717) is 9.93 Å². The molecule has 0 aliphatic carbocycles. The second-order valence-electron chi connectivity index (χ2n) is 12.3. The van der Waals surface area contributed by atoms with Crippen molar-refractivity contribution in [2.24, 2.45) is 0 Å². The van der Waals surface area contributed by atoms with Gasteiger partial charge in [0, 0.05) is 17.1 Å². The van der Waals surface area contributed by atoms with Crippen LogP contribution in [0.3, 0.4) is 0 Å². The number of amides is 3. The van der Waals surface area contributed by atoms with E-state index in [9.17, 15) is 18.6 Å². The number of hydrogen-bond donors (Lipinski definition) is 4. The molecule has 0 saturated carbocycles. The van der Waals surface area contributed by atoms with Crippen LogP contribution in [0, 0.1) is 0 Å². The number of ether oxygens (including phenoxy) is 2. The summed E-state index contributed by atoms with van der Waals surface area (Å²) in [6, 6.07) is 15.3. The average Bonchev–Trinajstić information content (AvgIpc) is 3.18. The van der Waals surface area contributed by atoms with Gasteiger partial charge in [0.15, 0.2) is 0 Å². The van der Waals surface area contributed by atoms with Gasteiger partial charge >= 0.3 is 6.09 Å². The Labute approximate surface area is 274 Å². The molecular weight excluding hydrogens is 616 g/mol. The van der Waals surface area contributed by atoms with E-state index in [1.54, 1.807) is 45.0 Å². The SMILES string of the molecule is CC.CC(C)(C)OC(=O)NC(C)(C)C(=O)NC(COCc1ccccc1)C(=O)NCC1=C(c2ccc(Cl)cc2)S(=O)NC1(C)C. The first-order chi connectivity index (χ1) is 21.0. The Hall–Kier alpha value is -3.25. The summed E-state index contributed by atoms with van der Waals surface area (Å²) in [6.07, 6.45) is -0.764. The zero-order chi connectivity index (χ0) is 34.0. The molecule has 12 heteroatoms. The molecule has 2 aromatic carbocycles. The van der Waals surface area contributed by atoms with Gasteiger partial charge in [0.1, 0.15) is 28.2 Å². The van der Waals surface area contributed by atoms with Crippen molar-refractivity contribution in [2.75, 3.05) is 13.2 Å². The molecule has 0 fully saturated rings. The fourth-order valence-corrected chi connectivity index (χ4v) is 5.94. The van der Waals surface area contributed by atoms with E-state index in [2.05, 4.69) is 20.7 Å². The molecule has 3 amide bonds. The summed E-state index contributed by atoms with van der Waals surface area (Å²) < 4.78 is 27.2. The van der Waals surface area contributed by atoms with Crippen LogP contribution in [0.25, 0.3) is 4.91 Å². The summed E-state index contributed by atoms with van der Waals surface area (Å²) in [5, 5.41) is 8.70. The molecule has 1 heterocycles. The van der Waals surface area contributed by atoms with Crippen molar-refractivity contribution in [1.82, 2.24) is 20.7 Å². The predicted molar refractivity (Wildman–Crippen MR) is 180 cm³/mol. The van der Waals surface area contributed by atoms with E-state index < -0.39 is 51.6 Å². The molecule has 4 N–H and O–H groups in total. The number of rotatable bonds is 11. The number of alkyl carbamates (subject to hydrolysis) is 1. The lowest BCUT2D eigenvalue weighted by molar-refractivity contribution is -0.133. The molecule has 3 rings (SSSR count). The zero-order valence-corrected chi connectivity index (χ0v) is 29.2. The van der Waals surface area contributed by atoms with Gasteiger partial charge in [-0.05, 0) is 77.3 Å². The van der Waals surface area contributed by atoms with E-state index in [1.165, 1.54) is 13.8 Å². The molecule has 2 unspecified atom stereocenters. The molecule has 0 spiro atoms. The lowest BCUT2D eigenvalue weighted by Gasteiger charge is -2.29. The first kappa shape index (κ1) is 37.9. The van der Waals surface area contributed by atoms with Crippen molar-refractivity contribution in [3.05, 3.63) is 76.3 Å². The van der Waals surface area contributed by atoms with Gasteiger partial charge in [-0.25, -0.2) is 13.7 Å². The third-order valence-corrected chi connectivity index (χ3v) is 8.31. The van der Waals surface area contributed by atoms with E-state index in [-0.39, 0.29) is 19.8 Å². The highest BCUT2D eigenvalue weighted by Crippen LogP contribution is 2.35. The normalized spacial score (nSPS) is 16.6. The van der Waals surface area contributed by atoms with Crippen molar-refractivity contribution in [2.45, 2.75) is 91.6 Å². The van der Waals surface area contributed by atoms with Gasteiger partial charge in [-0.15, -0.1) is 0 Å². The van der Waals surface area contributed by atoms with Crippen molar-refractivity contribution >= 4 is 45.4 Å². The van der Waals surface area contributed by atoms with Crippen LogP contribution < -0.4 is 20.7 Å². The smallest absolute Gasteiger partial charge is 0.408 e. The molecule has 45 heavy (non-hydrogen) atoms. The number of benzene rings is 2. The largest absolute Gasteiger partial charge is 0.444 e. The summed E-state index contributed by atoms with van der Waals surface area (Å²) in [5.41, 5.74) is -0.497. The Morgan fingerprint density at radius 1 is 0.978 bits per heavy atom. The molecule has 0 bridgehead atoms. The van der Waals surface area contributed by atoms with Gasteiger partial charge in [0.25, 0.3) is 0 Å². The second kappa shape index (κ2) is 16.4. The van der Waals surface area contributed by atoms with Gasteiger partial charge < -0.3 is 25.4 Å². The highest BCUT2D eigenvalue weighted by Gasteiger charge is 2.39. The van der Waals surface area contributed by atoms with Gasteiger partial charge in [-0.1, -0.05) is 67.9 Å². The van der Waals surface area contributed by atoms with E-state index in [4.69, 9.17) is 21.1 Å². The fourth-order valence-electron chi connectivity index (χ4n) is 4.23. The Balaban J connectivity index is 0.00000345. The third-order valence-electron chi connectivity index (χ3n) is 6.51. The number of nitrogens with one attached hydrogen (secondary N) is 4. The first-order valence-electron chi connectivity index (χ1n) is 14.9. The Bertz CT molecular complexity index is 1370. The molecule has 0 aromatic heterocycles. The van der Waals surface area contributed by atoms with Crippen LogP contribution in [0.15, 0.2) is 60.2 Å². The summed E-state index contributed by atoms with van der Waals surface area (Å²) in [5.74, 6) is -1.11. The molecule has 1 aliphatic rings. The highest BCUT2D eigenvalue weighted by atomic mass is 35.5. The summed E-state index contributed by atoms with van der Waals surface area (Å²) in [6.45, 7) is 16.1. The second-order valence-corrected chi connectivity index (χ2v) is 13.9. The van der Waals surface area contributed by atoms with Crippen LogP contribution in [0.1, 0.15) is 73.4 Å². The molecule has 0 saturated heterocycles. The predicted octanol–water partition coefficient (Wildman–Crippen LogP) is 5.24. The standard InChI is InChI=1S/C31H41ClN4O6S.C2H6/c1-29(2,3)42-28(39)35-31(6,7)27(38)34-24(19-41-18-20-11-9-8-10-12-20)26(37)33-17-23-25(43(40)36-30(23,4)5)21-13-15-22(32)16-14-21;1-2/h8-16,24,36H,17-19H2,1-7H3,(H,33,37)(H,34,38)(H,35,39);1-2H3. The number of halogens is 1. The Kier molecular flexibility index (Phi) is 13.8. The van der Waals surface area contributed by atoms with E-state index in [1.807, 2.05) is 58.0 Å². The minimum absolute atomic E-state index is 0.0626. The van der Waals surface area contributed by atoms with Gasteiger partial charge in [0.05, 0.1) is 18.1 Å². The number of hydrogen-bond acceptors (Lipinski definition) is 6. The summed E-state index contributed by atoms with van der Waals surface area (Å²) >= 11 is 6.05. The lowest BCUT2D eigenvalue weighted by atomic mass is 9.93. The monoisotopic (exact) mass is 662 g/mol. The van der Waals surface area contributed by atoms with E-state index in [0.717, 1.165) is 16.7 Å². The van der Waals surface area contributed by atoms with Crippen LogP contribution in [0.2, 0.25) is 5.02 Å².